The van der Waals surface area contributed by atoms with E-state index in [1.165, 1.54) is 11.1 Å². The molecule has 0 spiro atoms. The van der Waals surface area contributed by atoms with Gasteiger partial charge in [0.25, 0.3) is 0 Å². The molecule has 0 unspecified atom stereocenters. The third kappa shape index (κ3) is 2.37. The van der Waals surface area contributed by atoms with Crippen LogP contribution in [0.3, 0.4) is 0 Å². The van der Waals surface area contributed by atoms with Crippen LogP contribution in [0.5, 0.6) is 0 Å². The van der Waals surface area contributed by atoms with Crippen LogP contribution in [0.1, 0.15) is 16.7 Å². The van der Waals surface area contributed by atoms with Crippen LogP contribution in [0.25, 0.3) is 28.3 Å². The first kappa shape index (κ1) is 14.9. The van der Waals surface area contributed by atoms with E-state index < -0.39 is 0 Å². The Morgan fingerprint density at radius 3 is 1.96 bits per heavy atom. The molecule has 0 saturated heterocycles. The minimum absolute atomic E-state index is 0.0822. The molecule has 2 aliphatic rings. The Hall–Kier alpha value is -3.45. The van der Waals surface area contributed by atoms with Crippen LogP contribution in [-0.4, -0.2) is 5.78 Å². The molecule has 0 bridgehead atoms. The van der Waals surface area contributed by atoms with Crippen molar-refractivity contribution in [2.45, 2.75) is 0 Å². The van der Waals surface area contributed by atoms with Crippen molar-refractivity contribution < 1.29 is 4.79 Å². The summed E-state index contributed by atoms with van der Waals surface area (Å²) in [5.41, 5.74) is 8.47. The lowest BCUT2D eigenvalue weighted by atomic mass is 9.88. The Kier molecular flexibility index (Phi) is 3.32. The normalized spacial score (nSPS) is 14.9. The van der Waals surface area contributed by atoms with Gasteiger partial charge in [-0.2, -0.15) is 0 Å². The Morgan fingerprint density at radius 2 is 1.23 bits per heavy atom. The Bertz CT molecular complexity index is 1110. The second-order valence-electron chi connectivity index (χ2n) is 6.61. The molecule has 1 heteroatoms. The van der Waals surface area contributed by atoms with E-state index in [0.29, 0.717) is 0 Å². The zero-order valence-electron chi connectivity index (χ0n) is 14.1. The fourth-order valence-corrected chi connectivity index (χ4v) is 3.68. The predicted molar refractivity (Wildman–Crippen MR) is 107 cm³/mol. The minimum Gasteiger partial charge on any atom is -0.289 e. The van der Waals surface area contributed by atoms with Crippen LogP contribution < -0.4 is 0 Å². The highest BCUT2D eigenvalue weighted by Gasteiger charge is 2.27. The van der Waals surface area contributed by atoms with E-state index in [1.54, 1.807) is 6.08 Å². The van der Waals surface area contributed by atoms with Gasteiger partial charge in [-0.15, -0.1) is 0 Å². The number of ketones is 1. The maximum atomic E-state index is 12.7. The van der Waals surface area contributed by atoms with Gasteiger partial charge in [-0.1, -0.05) is 72.8 Å². The molecular weight excluding hydrogens is 316 g/mol. The average molecular weight is 332 g/mol. The third-order valence-corrected chi connectivity index (χ3v) is 5.00. The van der Waals surface area contributed by atoms with Crippen LogP contribution in [0.2, 0.25) is 0 Å². The van der Waals surface area contributed by atoms with Gasteiger partial charge in [-0.05, 0) is 63.3 Å². The molecule has 122 valence electrons. The summed E-state index contributed by atoms with van der Waals surface area (Å²) in [5.74, 6) is 0.0822. The van der Waals surface area contributed by atoms with E-state index in [9.17, 15) is 4.79 Å². The third-order valence-electron chi connectivity index (χ3n) is 5.00. The molecule has 0 amide bonds. The summed E-state index contributed by atoms with van der Waals surface area (Å²) >= 11 is 0. The standard InChI is InChI=1S/C25H16O/c26-25-16-21(18-9-5-2-6-10-18)15-23-22-13-19(17-7-3-1-4-8-17)11-12-20(22)14-24(23)25/h1-16H. The second kappa shape index (κ2) is 5.82. The molecule has 0 aliphatic heterocycles. The molecule has 0 aromatic heterocycles. The van der Waals surface area contributed by atoms with Gasteiger partial charge in [0.05, 0.1) is 0 Å². The molecule has 2 aliphatic carbocycles. The molecular formula is C25H16O. The van der Waals surface area contributed by atoms with Crippen molar-refractivity contribution >= 4 is 23.0 Å². The van der Waals surface area contributed by atoms with Gasteiger partial charge in [-0.3, -0.25) is 4.79 Å². The van der Waals surface area contributed by atoms with Crippen molar-refractivity contribution in [3.8, 4) is 11.1 Å². The first-order valence-electron chi connectivity index (χ1n) is 8.75. The fraction of sp³-hybridized carbons (Fsp3) is 0. The highest BCUT2D eigenvalue weighted by molar-refractivity contribution is 6.27. The van der Waals surface area contributed by atoms with E-state index >= 15 is 0 Å². The summed E-state index contributed by atoms with van der Waals surface area (Å²) in [6.07, 6.45) is 5.90. The zero-order chi connectivity index (χ0) is 17.5. The number of hydrogen-bond donors (Lipinski definition) is 0. The largest absolute Gasteiger partial charge is 0.289 e. The number of allylic oxidation sites excluding steroid dienone is 5. The smallest absolute Gasteiger partial charge is 0.187 e. The summed E-state index contributed by atoms with van der Waals surface area (Å²) in [4.78, 5) is 12.7. The van der Waals surface area contributed by atoms with Crippen molar-refractivity contribution in [1.82, 2.24) is 0 Å². The molecule has 1 nitrogen and oxygen atoms in total. The van der Waals surface area contributed by atoms with Gasteiger partial charge in [0, 0.05) is 5.57 Å². The van der Waals surface area contributed by atoms with E-state index in [0.717, 1.165) is 33.4 Å². The van der Waals surface area contributed by atoms with Crippen molar-refractivity contribution in [2.75, 3.05) is 0 Å². The number of carbonyl (C=O) groups is 1. The Labute approximate surface area is 152 Å². The van der Waals surface area contributed by atoms with Crippen LogP contribution >= 0.6 is 0 Å². The monoisotopic (exact) mass is 332 g/mol. The van der Waals surface area contributed by atoms with E-state index in [2.05, 4.69) is 36.4 Å². The second-order valence-corrected chi connectivity index (χ2v) is 6.61. The van der Waals surface area contributed by atoms with Crippen LogP contribution in [0.15, 0.2) is 96.6 Å². The van der Waals surface area contributed by atoms with Crippen LogP contribution in [0.4, 0.5) is 0 Å². The first-order chi connectivity index (χ1) is 12.8. The van der Waals surface area contributed by atoms with Crippen LogP contribution in [0, 0.1) is 0 Å². The molecule has 0 N–H and O–H groups in total. The molecule has 0 saturated carbocycles. The van der Waals surface area contributed by atoms with Gasteiger partial charge < -0.3 is 0 Å². The number of benzene rings is 3. The number of rotatable bonds is 2. The zero-order valence-corrected chi connectivity index (χ0v) is 14.1. The maximum absolute atomic E-state index is 12.7. The number of hydrogen-bond acceptors (Lipinski definition) is 1. The summed E-state index contributed by atoms with van der Waals surface area (Å²) in [6.45, 7) is 0. The molecule has 3 aromatic rings. The molecule has 0 radical (unpaired) electrons. The molecule has 5 rings (SSSR count). The molecule has 0 heterocycles. The van der Waals surface area contributed by atoms with E-state index in [-0.39, 0.29) is 5.78 Å². The summed E-state index contributed by atoms with van der Waals surface area (Å²) in [5, 5.41) is 0. The first-order valence-corrected chi connectivity index (χ1v) is 8.75. The minimum atomic E-state index is 0.0822. The van der Waals surface area contributed by atoms with Crippen molar-refractivity contribution in [3.05, 3.63) is 113 Å². The van der Waals surface area contributed by atoms with E-state index in [4.69, 9.17) is 0 Å². The highest BCUT2D eigenvalue weighted by Crippen LogP contribution is 2.42. The molecule has 3 aromatic carbocycles. The number of carbonyl (C=O) groups excluding carboxylic acids is 1. The summed E-state index contributed by atoms with van der Waals surface area (Å²) in [6, 6.07) is 26.8. The quantitative estimate of drug-likeness (QED) is 0.579. The SMILES string of the molecule is O=C1C=C(c2ccccc2)C=C2C1=Cc1ccc(-c3ccccc3)cc12. The highest BCUT2D eigenvalue weighted by atomic mass is 16.1. The lowest BCUT2D eigenvalue weighted by molar-refractivity contribution is -0.110. The predicted octanol–water partition coefficient (Wildman–Crippen LogP) is 5.80. The van der Waals surface area contributed by atoms with E-state index in [1.807, 2.05) is 54.6 Å². The molecule has 26 heavy (non-hydrogen) atoms. The van der Waals surface area contributed by atoms with Crippen molar-refractivity contribution in [2.24, 2.45) is 0 Å². The lowest BCUT2D eigenvalue weighted by Crippen LogP contribution is -2.04. The average Bonchev–Trinajstić information content (AvgIpc) is 3.08. The van der Waals surface area contributed by atoms with Gasteiger partial charge >= 0.3 is 0 Å². The fourth-order valence-electron chi connectivity index (χ4n) is 3.68. The van der Waals surface area contributed by atoms with Gasteiger partial charge in [0.15, 0.2) is 5.78 Å². The molecule has 0 atom stereocenters. The van der Waals surface area contributed by atoms with Crippen molar-refractivity contribution in [1.29, 1.82) is 0 Å². The Morgan fingerprint density at radius 1 is 0.538 bits per heavy atom. The van der Waals surface area contributed by atoms with Crippen LogP contribution in [-0.2, 0) is 4.79 Å². The molecule has 0 fully saturated rings. The van der Waals surface area contributed by atoms with Gasteiger partial charge in [0.2, 0.25) is 0 Å². The Balaban J connectivity index is 1.63. The summed E-state index contributed by atoms with van der Waals surface area (Å²) < 4.78 is 0. The van der Waals surface area contributed by atoms with Gasteiger partial charge in [0.1, 0.15) is 0 Å². The maximum Gasteiger partial charge on any atom is 0.187 e. The lowest BCUT2D eigenvalue weighted by Gasteiger charge is -2.14. The summed E-state index contributed by atoms with van der Waals surface area (Å²) in [7, 11) is 0. The van der Waals surface area contributed by atoms with Crippen molar-refractivity contribution in [3.63, 3.8) is 0 Å². The van der Waals surface area contributed by atoms with Gasteiger partial charge in [-0.25, -0.2) is 0 Å². The topological polar surface area (TPSA) is 17.1 Å². The number of fused-ring (bicyclic) bond motifs is 3.